The van der Waals surface area contributed by atoms with E-state index in [9.17, 15) is 14.7 Å². The van der Waals surface area contributed by atoms with E-state index in [4.69, 9.17) is 43.2 Å². The summed E-state index contributed by atoms with van der Waals surface area (Å²) in [6.07, 6.45) is -1.21. The number of benzene rings is 3. The number of nitrogen functional groups attached to an aromatic ring is 1. The Morgan fingerprint density at radius 1 is 0.833 bits per heavy atom. The molecule has 6 aromatic rings. The molecule has 348 valence electrons. The van der Waals surface area contributed by atoms with Crippen LogP contribution in [0.25, 0.3) is 11.2 Å². The van der Waals surface area contributed by atoms with E-state index in [1.54, 1.807) is 30.4 Å². The van der Waals surface area contributed by atoms with E-state index < -0.39 is 61.5 Å². The van der Waals surface area contributed by atoms with Gasteiger partial charge in [0.2, 0.25) is 0 Å². The Bertz CT molecular complexity index is 2740. The van der Waals surface area contributed by atoms with Gasteiger partial charge in [0.15, 0.2) is 11.5 Å². The molecule has 0 saturated carbocycles. The maximum absolute atomic E-state index is 15.5. The number of nitrogens with two attached hydrogens (primary N) is 1. The molecular formula is C45H51N8O12P. The van der Waals surface area contributed by atoms with E-state index in [1.807, 2.05) is 78.9 Å². The molecule has 21 heteroatoms. The molecule has 3 aromatic heterocycles. The minimum Gasteiger partial charge on any atom is -0.497 e. The lowest BCUT2D eigenvalue weighted by Crippen LogP contribution is -2.40. The molecule has 6 heterocycles. The van der Waals surface area contributed by atoms with Gasteiger partial charge in [-0.2, -0.15) is 0 Å². The smallest absolute Gasteiger partial charge is 0.408 e. The number of aliphatic hydroxyl groups is 1. The maximum Gasteiger partial charge on any atom is 0.408 e. The molecule has 20 nitrogen and oxygen atoms in total. The fourth-order valence-electron chi connectivity index (χ4n) is 8.65. The van der Waals surface area contributed by atoms with Crippen LogP contribution in [0.5, 0.6) is 11.5 Å². The summed E-state index contributed by atoms with van der Waals surface area (Å²) < 4.78 is 69.9. The van der Waals surface area contributed by atoms with Crippen molar-refractivity contribution in [2.75, 3.05) is 59.5 Å². The third kappa shape index (κ3) is 8.91. The lowest BCUT2D eigenvalue weighted by molar-refractivity contribution is -0.0951. The lowest BCUT2D eigenvalue weighted by atomic mass is 9.80. The first-order chi connectivity index (χ1) is 32.0. The summed E-state index contributed by atoms with van der Waals surface area (Å²) in [5.41, 5.74) is 6.93. The molecule has 0 spiro atoms. The van der Waals surface area contributed by atoms with Crippen molar-refractivity contribution in [2.24, 2.45) is 0 Å². The molecule has 3 fully saturated rings. The maximum atomic E-state index is 15.5. The number of nitrogens with zero attached hydrogens (tertiary/aromatic N) is 6. The molecule has 3 aliphatic heterocycles. The highest BCUT2D eigenvalue weighted by atomic mass is 31.2. The first kappa shape index (κ1) is 45.4. The summed E-state index contributed by atoms with van der Waals surface area (Å²) >= 11 is 0. The zero-order valence-corrected chi connectivity index (χ0v) is 37.4. The highest BCUT2D eigenvalue weighted by Crippen LogP contribution is 2.56. The van der Waals surface area contributed by atoms with Gasteiger partial charge in [0, 0.05) is 37.7 Å². The number of anilines is 1. The van der Waals surface area contributed by atoms with Crippen LogP contribution in [0.1, 0.15) is 47.6 Å². The van der Waals surface area contributed by atoms with Crippen LogP contribution >= 0.6 is 7.75 Å². The van der Waals surface area contributed by atoms with E-state index in [0.717, 1.165) is 16.7 Å². The van der Waals surface area contributed by atoms with Gasteiger partial charge in [-0.05, 0) is 47.9 Å². The van der Waals surface area contributed by atoms with Gasteiger partial charge in [0.25, 0.3) is 5.56 Å². The predicted molar refractivity (Wildman–Crippen MR) is 238 cm³/mol. The molecule has 0 radical (unpaired) electrons. The van der Waals surface area contributed by atoms with E-state index in [1.165, 1.54) is 23.4 Å². The minimum atomic E-state index is -4.29. The van der Waals surface area contributed by atoms with Gasteiger partial charge in [-0.25, -0.2) is 29.0 Å². The number of aromatic nitrogens is 6. The number of H-pyrrole nitrogens is 1. The summed E-state index contributed by atoms with van der Waals surface area (Å²) in [6.45, 7) is 2.03. The fraction of sp³-hybridized carbons (Fsp3) is 0.400. The Kier molecular flexibility index (Phi) is 13.2. The van der Waals surface area contributed by atoms with Gasteiger partial charge >= 0.3 is 13.4 Å². The first-order valence-electron chi connectivity index (χ1n) is 21.5. The zero-order chi connectivity index (χ0) is 46.0. The molecule has 1 unspecified atom stereocenters. The standard InChI is InChI=1S/C45H51N8O12P/c1-28-23-52(44(56)50-43(28)55)39-22-35(37(64-39)24-61-45(29-7-5-4-6-8-29,30-9-13-32(58-2)14-10-30)31-11-15-33(59-3)16-12-31)65-66(57,51-17-19-60-20-18-51)62-25-36-34(54)21-38(63-36)53-27-49-40-41(46)47-26-48-42(40)53/h4-16,23,26-27,34-39,54H,17-22,24-25H2,1-3H3,(H2,46,47,48)(H,50,55,56)/t34-,35-,36+,37+,38+,39+,66?/m0/s1. The number of fused-ring (bicyclic) bond motifs is 1. The van der Waals surface area contributed by atoms with Crippen LogP contribution in [0.15, 0.2) is 107 Å². The van der Waals surface area contributed by atoms with Crippen LogP contribution in [-0.4, -0.2) is 117 Å². The average Bonchev–Trinajstić information content (AvgIpc) is 4.07. The highest BCUT2D eigenvalue weighted by molar-refractivity contribution is 7.51. The number of aliphatic hydroxyl groups excluding tert-OH is 1. The van der Waals surface area contributed by atoms with Crippen LogP contribution in [0.4, 0.5) is 5.82 Å². The zero-order valence-electron chi connectivity index (χ0n) is 36.5. The van der Waals surface area contributed by atoms with Crippen molar-refractivity contribution < 1.29 is 47.1 Å². The first-order valence-corrected chi connectivity index (χ1v) is 23.0. The predicted octanol–water partition coefficient (Wildman–Crippen LogP) is 4.07. The summed E-state index contributed by atoms with van der Waals surface area (Å²) in [6, 6.07) is 24.8. The number of morpholine rings is 1. The molecule has 9 rings (SSSR count). The third-order valence-corrected chi connectivity index (χ3v) is 14.3. The molecule has 0 amide bonds. The fourth-order valence-corrected chi connectivity index (χ4v) is 10.6. The second-order valence-electron chi connectivity index (χ2n) is 16.1. The Labute approximate surface area is 378 Å². The number of aromatic amines is 1. The van der Waals surface area contributed by atoms with E-state index in [0.29, 0.717) is 22.7 Å². The number of hydrogen-bond acceptors (Lipinski definition) is 16. The van der Waals surface area contributed by atoms with Crippen LogP contribution < -0.4 is 26.5 Å². The number of ether oxygens (including phenoxy) is 6. The number of methoxy groups -OCH3 is 2. The van der Waals surface area contributed by atoms with E-state index in [2.05, 4.69) is 19.9 Å². The summed E-state index contributed by atoms with van der Waals surface area (Å²) in [4.78, 5) is 40.8. The van der Waals surface area contributed by atoms with Crippen LogP contribution in [0, 0.1) is 6.92 Å². The second kappa shape index (κ2) is 19.2. The van der Waals surface area contributed by atoms with Crippen molar-refractivity contribution in [2.45, 2.75) is 62.2 Å². The van der Waals surface area contributed by atoms with Gasteiger partial charge < -0.3 is 39.3 Å². The van der Waals surface area contributed by atoms with Crippen molar-refractivity contribution in [3.8, 4) is 11.5 Å². The summed E-state index contributed by atoms with van der Waals surface area (Å²) in [5.74, 6) is 1.50. The molecule has 7 atom stereocenters. The highest BCUT2D eigenvalue weighted by Gasteiger charge is 2.48. The Hall–Kier alpha value is -5.80. The lowest BCUT2D eigenvalue weighted by Gasteiger charge is -2.38. The molecule has 0 aliphatic carbocycles. The normalized spacial score (nSPS) is 23.5. The van der Waals surface area contributed by atoms with Crippen LogP contribution in [-0.2, 0) is 38.2 Å². The van der Waals surface area contributed by atoms with Gasteiger partial charge in [-0.15, -0.1) is 0 Å². The Morgan fingerprint density at radius 2 is 1.47 bits per heavy atom. The van der Waals surface area contributed by atoms with Crippen molar-refractivity contribution in [3.05, 3.63) is 141 Å². The number of hydrogen-bond donors (Lipinski definition) is 3. The SMILES string of the molecule is COc1ccc(C(OC[C@H]2O[C@@H](n3cc(C)c(=O)[nH]c3=O)C[C@@H]2OP(=O)(OC[C@H]2O[C@@H](n3cnc4c(N)ncnc43)C[C@@H]2O)N2CCOCC2)(c2ccccc2)c2ccc(OC)cc2)cc1. The van der Waals surface area contributed by atoms with Crippen LogP contribution in [0.2, 0.25) is 0 Å². The third-order valence-electron chi connectivity index (χ3n) is 12.2. The van der Waals surface area contributed by atoms with Crippen molar-refractivity contribution >= 4 is 24.7 Å². The van der Waals surface area contributed by atoms with Crippen molar-refractivity contribution in [1.82, 2.24) is 33.7 Å². The molecule has 3 saturated heterocycles. The Morgan fingerprint density at radius 3 is 2.14 bits per heavy atom. The Balaban J connectivity index is 1.05. The van der Waals surface area contributed by atoms with Crippen molar-refractivity contribution in [1.29, 1.82) is 0 Å². The molecular weight excluding hydrogens is 876 g/mol. The number of nitrogens with one attached hydrogen (secondary N) is 1. The second-order valence-corrected chi connectivity index (χ2v) is 18.1. The number of imidazole rings is 1. The van der Waals surface area contributed by atoms with Gasteiger partial charge in [-0.3, -0.25) is 28.0 Å². The largest absolute Gasteiger partial charge is 0.497 e. The average molecular weight is 927 g/mol. The van der Waals surface area contributed by atoms with Gasteiger partial charge in [-0.1, -0.05) is 54.6 Å². The van der Waals surface area contributed by atoms with Crippen molar-refractivity contribution in [3.63, 3.8) is 0 Å². The molecule has 4 N–H and O–H groups in total. The summed E-state index contributed by atoms with van der Waals surface area (Å²) in [5, 5.41) is 11.3. The monoisotopic (exact) mass is 926 g/mol. The number of aryl methyl sites for hydroxylation is 1. The van der Waals surface area contributed by atoms with Gasteiger partial charge in [0.05, 0.1) is 53.1 Å². The molecule has 0 bridgehead atoms. The minimum absolute atomic E-state index is 0.00380. The molecule has 66 heavy (non-hydrogen) atoms. The van der Waals surface area contributed by atoms with E-state index >= 15 is 4.57 Å². The summed E-state index contributed by atoms with van der Waals surface area (Å²) in [7, 11) is -1.10. The topological polar surface area (TPSA) is 239 Å². The van der Waals surface area contributed by atoms with Gasteiger partial charge in [0.1, 0.15) is 59.7 Å². The van der Waals surface area contributed by atoms with E-state index in [-0.39, 0.29) is 63.7 Å². The van der Waals surface area contributed by atoms with Crippen LogP contribution in [0.3, 0.4) is 0 Å². The quantitative estimate of drug-likeness (QED) is 0.0916. The molecule has 3 aliphatic rings. The molecule has 3 aromatic carbocycles. The number of rotatable bonds is 16.